The number of aliphatic hydroxyl groups is 1. The summed E-state index contributed by atoms with van der Waals surface area (Å²) in [5.41, 5.74) is 0. The molecule has 0 atom stereocenters. The zero-order valence-electron chi connectivity index (χ0n) is 9.95. The minimum Gasteiger partial charge on any atom is -0.393 e. The maximum atomic E-state index is 12.2. The molecular formula is C11H15ClN2O3S. The van der Waals surface area contributed by atoms with E-state index in [1.54, 1.807) is 6.07 Å². The number of hydrogen-bond acceptors (Lipinski definition) is 4. The molecule has 1 fully saturated rings. The van der Waals surface area contributed by atoms with Crippen molar-refractivity contribution in [3.8, 4) is 0 Å². The van der Waals surface area contributed by atoms with Gasteiger partial charge in [0, 0.05) is 19.8 Å². The number of pyridine rings is 1. The molecule has 1 aromatic heterocycles. The van der Waals surface area contributed by atoms with E-state index in [0.29, 0.717) is 19.4 Å². The van der Waals surface area contributed by atoms with Crippen molar-refractivity contribution in [3.63, 3.8) is 0 Å². The second-order valence-corrected chi connectivity index (χ2v) is 6.94. The average Bonchev–Trinajstić information content (AvgIpc) is 2.27. The molecule has 1 aliphatic rings. The van der Waals surface area contributed by atoms with Gasteiger partial charge in [-0.05, 0) is 30.9 Å². The van der Waals surface area contributed by atoms with E-state index in [1.165, 1.54) is 23.6 Å². The lowest BCUT2D eigenvalue weighted by molar-refractivity contribution is 0.0367. The van der Waals surface area contributed by atoms with E-state index >= 15 is 0 Å². The molecule has 0 bridgehead atoms. The highest BCUT2D eigenvalue weighted by Gasteiger charge is 2.32. The lowest BCUT2D eigenvalue weighted by Gasteiger charge is -2.34. The monoisotopic (exact) mass is 290 g/mol. The molecule has 0 spiro atoms. The Morgan fingerprint density at radius 1 is 1.56 bits per heavy atom. The van der Waals surface area contributed by atoms with Crippen molar-refractivity contribution in [1.82, 2.24) is 9.29 Å². The summed E-state index contributed by atoms with van der Waals surface area (Å²) < 4.78 is 25.8. The first-order chi connectivity index (χ1) is 8.41. The number of hydrogen-bond donors (Lipinski definition) is 1. The largest absolute Gasteiger partial charge is 0.393 e. The van der Waals surface area contributed by atoms with Crippen molar-refractivity contribution in [2.24, 2.45) is 5.92 Å². The first-order valence-corrected chi connectivity index (χ1v) is 7.48. The summed E-state index contributed by atoms with van der Waals surface area (Å²) in [4.78, 5) is 3.80. The van der Waals surface area contributed by atoms with E-state index < -0.39 is 10.0 Å². The number of aromatic nitrogens is 1. The molecule has 0 aromatic carbocycles. The molecule has 5 nitrogen and oxygen atoms in total. The van der Waals surface area contributed by atoms with Gasteiger partial charge < -0.3 is 5.11 Å². The van der Waals surface area contributed by atoms with E-state index in [4.69, 9.17) is 11.6 Å². The summed E-state index contributed by atoms with van der Waals surface area (Å²) in [7, 11) is -2.08. The van der Waals surface area contributed by atoms with Gasteiger partial charge in [-0.2, -0.15) is 0 Å². The van der Waals surface area contributed by atoms with E-state index in [1.807, 2.05) is 0 Å². The standard InChI is InChI=1S/C11H15ClN2O3S/c1-14(7-8-5-9(15)6-8)18(16,17)10-3-2-4-13-11(10)12/h2-4,8-9,15H,5-7H2,1H3. The zero-order valence-corrected chi connectivity index (χ0v) is 11.5. The van der Waals surface area contributed by atoms with Crippen molar-refractivity contribution >= 4 is 21.6 Å². The van der Waals surface area contributed by atoms with Crippen LogP contribution in [0, 0.1) is 5.92 Å². The van der Waals surface area contributed by atoms with Gasteiger partial charge in [0.25, 0.3) is 0 Å². The van der Waals surface area contributed by atoms with E-state index in [2.05, 4.69) is 4.98 Å². The number of rotatable bonds is 4. The Hall–Kier alpha value is -0.690. The van der Waals surface area contributed by atoms with E-state index in [0.717, 1.165) is 0 Å². The summed E-state index contributed by atoms with van der Waals surface area (Å²) in [6.45, 7) is 0.393. The summed E-state index contributed by atoms with van der Waals surface area (Å²) >= 11 is 5.80. The van der Waals surface area contributed by atoms with Gasteiger partial charge in [-0.3, -0.25) is 0 Å². The van der Waals surface area contributed by atoms with Crippen LogP contribution >= 0.6 is 11.6 Å². The summed E-state index contributed by atoms with van der Waals surface area (Å²) in [5, 5.41) is 9.18. The Morgan fingerprint density at radius 2 is 2.22 bits per heavy atom. The third-order valence-electron chi connectivity index (χ3n) is 3.14. The number of aliphatic hydroxyl groups excluding tert-OH is 1. The summed E-state index contributed by atoms with van der Waals surface area (Å²) in [5.74, 6) is 0.218. The summed E-state index contributed by atoms with van der Waals surface area (Å²) in [6, 6.07) is 2.98. The fourth-order valence-corrected chi connectivity index (χ4v) is 3.71. The molecule has 0 unspecified atom stereocenters. The SMILES string of the molecule is CN(CC1CC(O)C1)S(=O)(=O)c1cccnc1Cl. The molecule has 100 valence electrons. The lowest BCUT2D eigenvalue weighted by atomic mass is 9.82. The Kier molecular flexibility index (Phi) is 3.91. The van der Waals surface area contributed by atoms with Crippen LogP contribution in [0.25, 0.3) is 0 Å². The predicted molar refractivity (Wildman–Crippen MR) is 67.8 cm³/mol. The van der Waals surface area contributed by atoms with Crippen molar-refractivity contribution in [3.05, 3.63) is 23.5 Å². The second-order valence-electron chi connectivity index (χ2n) is 4.57. The van der Waals surface area contributed by atoms with Crippen LogP contribution in [0.1, 0.15) is 12.8 Å². The molecule has 0 saturated heterocycles. The van der Waals surface area contributed by atoms with Gasteiger partial charge in [-0.15, -0.1) is 0 Å². The predicted octanol–water partition coefficient (Wildman–Crippen LogP) is 1.13. The fraction of sp³-hybridized carbons (Fsp3) is 0.545. The number of sulfonamides is 1. The molecule has 1 heterocycles. The van der Waals surface area contributed by atoms with E-state index in [-0.39, 0.29) is 22.1 Å². The highest BCUT2D eigenvalue weighted by molar-refractivity contribution is 7.89. The molecule has 0 radical (unpaired) electrons. The topological polar surface area (TPSA) is 70.5 Å². The number of halogens is 1. The molecule has 18 heavy (non-hydrogen) atoms. The fourth-order valence-electron chi connectivity index (χ4n) is 2.04. The minimum atomic E-state index is -3.60. The number of nitrogens with zero attached hydrogens (tertiary/aromatic N) is 2. The van der Waals surface area contributed by atoms with Crippen LogP contribution in [0.5, 0.6) is 0 Å². The third kappa shape index (κ3) is 2.66. The van der Waals surface area contributed by atoms with Crippen LogP contribution in [0.4, 0.5) is 0 Å². The highest BCUT2D eigenvalue weighted by atomic mass is 35.5. The Labute approximate surface area is 111 Å². The van der Waals surface area contributed by atoms with Crippen LogP contribution in [-0.2, 0) is 10.0 Å². The first-order valence-electron chi connectivity index (χ1n) is 5.66. The Balaban J connectivity index is 2.13. The van der Waals surface area contributed by atoms with Gasteiger partial charge in [0.05, 0.1) is 6.10 Å². The van der Waals surface area contributed by atoms with Crippen molar-refractivity contribution in [2.45, 2.75) is 23.8 Å². The molecule has 1 aromatic rings. The van der Waals surface area contributed by atoms with Gasteiger partial charge in [0.1, 0.15) is 10.0 Å². The third-order valence-corrected chi connectivity index (χ3v) is 5.41. The minimum absolute atomic E-state index is 0.0157. The van der Waals surface area contributed by atoms with Crippen LogP contribution in [0.3, 0.4) is 0 Å². The van der Waals surface area contributed by atoms with Gasteiger partial charge in [0.2, 0.25) is 10.0 Å². The highest BCUT2D eigenvalue weighted by Crippen LogP contribution is 2.30. The van der Waals surface area contributed by atoms with Gasteiger partial charge >= 0.3 is 0 Å². The first kappa shape index (κ1) is 13.7. The maximum absolute atomic E-state index is 12.2. The van der Waals surface area contributed by atoms with Gasteiger partial charge in [-0.25, -0.2) is 17.7 Å². The Morgan fingerprint density at radius 3 is 2.78 bits per heavy atom. The molecule has 1 N–H and O–H groups in total. The maximum Gasteiger partial charge on any atom is 0.245 e. The van der Waals surface area contributed by atoms with Crippen molar-refractivity contribution in [2.75, 3.05) is 13.6 Å². The molecule has 2 rings (SSSR count). The van der Waals surface area contributed by atoms with Crippen molar-refractivity contribution in [1.29, 1.82) is 0 Å². The Bertz CT molecular complexity index is 529. The molecule has 7 heteroatoms. The van der Waals surface area contributed by atoms with Gasteiger partial charge in [0.15, 0.2) is 0 Å². The quantitative estimate of drug-likeness (QED) is 0.844. The van der Waals surface area contributed by atoms with Crippen molar-refractivity contribution < 1.29 is 13.5 Å². The van der Waals surface area contributed by atoms with E-state index in [9.17, 15) is 13.5 Å². The van der Waals surface area contributed by atoms with Crippen LogP contribution in [0.2, 0.25) is 5.15 Å². The van der Waals surface area contributed by atoms with Gasteiger partial charge in [-0.1, -0.05) is 11.6 Å². The smallest absolute Gasteiger partial charge is 0.245 e. The average molecular weight is 291 g/mol. The van der Waals surface area contributed by atoms with Crippen LogP contribution < -0.4 is 0 Å². The van der Waals surface area contributed by atoms with Crippen LogP contribution in [-0.4, -0.2) is 42.5 Å². The summed E-state index contributed by atoms with van der Waals surface area (Å²) in [6.07, 6.45) is 2.47. The zero-order chi connectivity index (χ0) is 13.3. The molecule has 0 aliphatic heterocycles. The molecule has 1 aliphatic carbocycles. The molecule has 1 saturated carbocycles. The van der Waals surface area contributed by atoms with Crippen LogP contribution in [0.15, 0.2) is 23.2 Å². The molecular weight excluding hydrogens is 276 g/mol. The second kappa shape index (κ2) is 5.13. The molecule has 0 amide bonds. The normalized spacial score (nSPS) is 24.0. The lowest BCUT2D eigenvalue weighted by Crippen LogP contribution is -2.39.